The number of likely N-dealkylation sites (N-methyl/N-ethyl adjacent to an activating group) is 1. The maximum atomic E-state index is 12.4. The molecule has 6 nitrogen and oxygen atoms in total. The van der Waals surface area contributed by atoms with Crippen molar-refractivity contribution in [2.45, 2.75) is 39.5 Å². The van der Waals surface area contributed by atoms with Crippen LogP contribution in [0.5, 0.6) is 0 Å². The first-order chi connectivity index (χ1) is 11.6. The van der Waals surface area contributed by atoms with Crippen LogP contribution in [0.1, 0.15) is 39.5 Å². The topological polar surface area (TPSA) is 55.9 Å². The lowest BCUT2D eigenvalue weighted by molar-refractivity contribution is -0.132. The summed E-state index contributed by atoms with van der Waals surface area (Å²) in [5.74, 6) is 1.16. The Labute approximate surface area is 170 Å². The number of carbonyl (C=O) groups is 2. The molecule has 0 radical (unpaired) electrons. The second-order valence-electron chi connectivity index (χ2n) is 6.97. The van der Waals surface area contributed by atoms with Crippen LogP contribution in [0.3, 0.4) is 0 Å². The zero-order valence-corrected chi connectivity index (χ0v) is 17.9. The highest BCUT2D eigenvalue weighted by atomic mass is 35.5. The van der Waals surface area contributed by atoms with Gasteiger partial charge in [-0.25, -0.2) is 0 Å². The summed E-state index contributed by atoms with van der Waals surface area (Å²) in [5.41, 5.74) is 0. The molecular formula is C18H36Cl2N4O2. The van der Waals surface area contributed by atoms with Crippen LogP contribution in [-0.2, 0) is 9.59 Å². The molecule has 2 amide bonds. The third-order valence-electron chi connectivity index (χ3n) is 5.35. The van der Waals surface area contributed by atoms with E-state index in [4.69, 9.17) is 0 Å². The summed E-state index contributed by atoms with van der Waals surface area (Å²) in [5, 5.41) is 3.36. The van der Waals surface area contributed by atoms with Crippen molar-refractivity contribution in [3.63, 3.8) is 0 Å². The molecule has 0 aromatic carbocycles. The summed E-state index contributed by atoms with van der Waals surface area (Å²) < 4.78 is 0. The zero-order valence-electron chi connectivity index (χ0n) is 16.2. The highest BCUT2D eigenvalue weighted by Crippen LogP contribution is 2.16. The molecular weight excluding hydrogens is 375 g/mol. The van der Waals surface area contributed by atoms with Crippen LogP contribution in [0.2, 0.25) is 0 Å². The zero-order chi connectivity index (χ0) is 17.4. The molecule has 1 atom stereocenters. The van der Waals surface area contributed by atoms with E-state index in [2.05, 4.69) is 10.2 Å². The van der Waals surface area contributed by atoms with Crippen molar-refractivity contribution in [3.8, 4) is 0 Å². The van der Waals surface area contributed by atoms with Gasteiger partial charge >= 0.3 is 0 Å². The van der Waals surface area contributed by atoms with Gasteiger partial charge in [-0.1, -0.05) is 0 Å². The van der Waals surface area contributed by atoms with Gasteiger partial charge in [0.25, 0.3) is 0 Å². The Bertz CT molecular complexity index is 416. The molecule has 0 aromatic rings. The lowest BCUT2D eigenvalue weighted by Crippen LogP contribution is -2.42. The van der Waals surface area contributed by atoms with Gasteiger partial charge in [-0.3, -0.25) is 14.5 Å². The Morgan fingerprint density at radius 1 is 1.08 bits per heavy atom. The molecule has 1 N–H and O–H groups in total. The predicted octanol–water partition coefficient (Wildman–Crippen LogP) is 1.62. The van der Waals surface area contributed by atoms with E-state index in [-0.39, 0.29) is 30.7 Å². The third kappa shape index (κ3) is 7.99. The highest BCUT2D eigenvalue weighted by molar-refractivity contribution is 5.85. The van der Waals surface area contributed by atoms with Crippen LogP contribution in [0.4, 0.5) is 0 Å². The van der Waals surface area contributed by atoms with Crippen molar-refractivity contribution >= 4 is 36.6 Å². The van der Waals surface area contributed by atoms with E-state index in [1.165, 1.54) is 6.42 Å². The molecule has 0 aromatic heterocycles. The molecule has 2 rings (SSSR count). The normalized spacial score (nSPS) is 20.7. The van der Waals surface area contributed by atoms with Gasteiger partial charge in [0, 0.05) is 45.7 Å². The Hall–Kier alpha value is -0.560. The number of halogens is 2. The molecule has 26 heavy (non-hydrogen) atoms. The summed E-state index contributed by atoms with van der Waals surface area (Å²) in [6.45, 7) is 11.5. The Balaban J connectivity index is 0.00000312. The van der Waals surface area contributed by atoms with Crippen LogP contribution in [0, 0.1) is 5.92 Å². The van der Waals surface area contributed by atoms with Crippen LogP contribution >= 0.6 is 24.8 Å². The number of hydrogen-bond donors (Lipinski definition) is 1. The maximum Gasteiger partial charge on any atom is 0.236 e. The lowest BCUT2D eigenvalue weighted by Gasteiger charge is -2.25. The second-order valence-corrected chi connectivity index (χ2v) is 6.97. The fourth-order valence-electron chi connectivity index (χ4n) is 3.69. The summed E-state index contributed by atoms with van der Waals surface area (Å²) in [7, 11) is 0. The van der Waals surface area contributed by atoms with Gasteiger partial charge in [-0.2, -0.15) is 0 Å². The molecule has 154 valence electrons. The summed E-state index contributed by atoms with van der Waals surface area (Å²) >= 11 is 0. The second kappa shape index (κ2) is 13.6. The molecule has 2 fully saturated rings. The molecule has 2 aliphatic heterocycles. The van der Waals surface area contributed by atoms with Gasteiger partial charge in [-0.05, 0) is 52.1 Å². The molecule has 8 heteroatoms. The fourth-order valence-corrected chi connectivity index (χ4v) is 3.69. The average Bonchev–Trinajstić information content (AvgIpc) is 2.99. The minimum Gasteiger partial charge on any atom is -0.342 e. The molecule has 1 unspecified atom stereocenters. The van der Waals surface area contributed by atoms with Crippen molar-refractivity contribution in [2.24, 2.45) is 5.92 Å². The summed E-state index contributed by atoms with van der Waals surface area (Å²) in [6, 6.07) is 0. The SMILES string of the molecule is CCN(CC)C(=O)CN1CCCN(C(=O)CCC2CCNC2)CC1.Cl.Cl. The van der Waals surface area contributed by atoms with Gasteiger partial charge in [-0.15, -0.1) is 24.8 Å². The van der Waals surface area contributed by atoms with Gasteiger partial charge in [0.05, 0.1) is 6.54 Å². The fraction of sp³-hybridized carbons (Fsp3) is 0.889. The number of nitrogens with one attached hydrogen (secondary N) is 1. The number of carbonyl (C=O) groups excluding carboxylic acids is 2. The Kier molecular flexibility index (Phi) is 13.3. The summed E-state index contributed by atoms with van der Waals surface area (Å²) in [4.78, 5) is 30.8. The number of amides is 2. The van der Waals surface area contributed by atoms with E-state index in [9.17, 15) is 9.59 Å². The molecule has 2 saturated heterocycles. The smallest absolute Gasteiger partial charge is 0.236 e. The molecule has 0 aliphatic carbocycles. The molecule has 2 heterocycles. The van der Waals surface area contributed by atoms with Crippen LogP contribution in [0.25, 0.3) is 0 Å². The van der Waals surface area contributed by atoms with Gasteiger partial charge in [0.15, 0.2) is 0 Å². The number of rotatable bonds is 7. The molecule has 0 saturated carbocycles. The van der Waals surface area contributed by atoms with Crippen molar-refractivity contribution in [2.75, 3.05) is 58.9 Å². The molecule has 2 aliphatic rings. The van der Waals surface area contributed by atoms with E-state index in [1.54, 1.807) is 0 Å². The van der Waals surface area contributed by atoms with E-state index in [0.29, 0.717) is 24.8 Å². The number of nitrogens with zero attached hydrogens (tertiary/aromatic N) is 3. The third-order valence-corrected chi connectivity index (χ3v) is 5.35. The number of hydrogen-bond acceptors (Lipinski definition) is 4. The molecule has 0 bridgehead atoms. The Morgan fingerprint density at radius 3 is 2.42 bits per heavy atom. The standard InChI is InChI=1S/C18H34N4O2.2ClH/c1-3-21(4-2)18(24)15-20-10-5-11-22(13-12-20)17(23)7-6-16-8-9-19-14-16;;/h16,19H,3-15H2,1-2H3;2*1H. The quantitative estimate of drug-likeness (QED) is 0.692. The minimum absolute atomic E-state index is 0. The van der Waals surface area contributed by atoms with Crippen molar-refractivity contribution in [1.82, 2.24) is 20.0 Å². The first kappa shape index (κ1) is 25.4. The van der Waals surface area contributed by atoms with Crippen LogP contribution in [0.15, 0.2) is 0 Å². The van der Waals surface area contributed by atoms with Crippen LogP contribution < -0.4 is 5.32 Å². The van der Waals surface area contributed by atoms with E-state index in [0.717, 1.165) is 65.2 Å². The van der Waals surface area contributed by atoms with Crippen LogP contribution in [-0.4, -0.2) is 85.4 Å². The maximum absolute atomic E-state index is 12.4. The van der Waals surface area contributed by atoms with Crippen molar-refractivity contribution < 1.29 is 9.59 Å². The first-order valence-corrected chi connectivity index (χ1v) is 9.62. The average molecular weight is 411 g/mol. The lowest BCUT2D eigenvalue weighted by atomic mass is 10.0. The van der Waals surface area contributed by atoms with Gasteiger partial charge < -0.3 is 15.1 Å². The predicted molar refractivity (Wildman–Crippen MR) is 110 cm³/mol. The minimum atomic E-state index is 0. The largest absolute Gasteiger partial charge is 0.342 e. The Morgan fingerprint density at radius 2 is 1.81 bits per heavy atom. The first-order valence-electron chi connectivity index (χ1n) is 9.62. The van der Waals surface area contributed by atoms with E-state index >= 15 is 0 Å². The van der Waals surface area contributed by atoms with Crippen molar-refractivity contribution in [1.29, 1.82) is 0 Å². The van der Waals surface area contributed by atoms with E-state index < -0.39 is 0 Å². The van der Waals surface area contributed by atoms with Crippen molar-refractivity contribution in [3.05, 3.63) is 0 Å². The van der Waals surface area contributed by atoms with Gasteiger partial charge in [0.2, 0.25) is 11.8 Å². The summed E-state index contributed by atoms with van der Waals surface area (Å²) in [6.07, 6.45) is 3.84. The van der Waals surface area contributed by atoms with E-state index in [1.807, 2.05) is 23.6 Å². The monoisotopic (exact) mass is 410 g/mol. The van der Waals surface area contributed by atoms with Gasteiger partial charge in [0.1, 0.15) is 0 Å². The molecule has 0 spiro atoms. The highest BCUT2D eigenvalue weighted by Gasteiger charge is 2.23.